The highest BCUT2D eigenvalue weighted by atomic mass is 32.2. The molecule has 5 fully saturated rings. The van der Waals surface area contributed by atoms with Gasteiger partial charge in [-0.2, -0.15) is 0 Å². The quantitative estimate of drug-likeness (QED) is 0.0358. The normalized spacial score (nSPS) is 18.5. The summed E-state index contributed by atoms with van der Waals surface area (Å²) in [6.07, 6.45) is 37.0. The number of rotatable bonds is 51. The van der Waals surface area contributed by atoms with Crippen molar-refractivity contribution < 1.29 is 70.6 Å². The molecule has 25 radical (unpaired) electrons. The van der Waals surface area contributed by atoms with E-state index >= 15 is 0 Å². The molecule has 0 aromatic rings. The van der Waals surface area contributed by atoms with Crippen molar-refractivity contribution in [3.8, 4) is 0 Å². The zero-order valence-corrected chi connectivity index (χ0v) is 53.0. The molecule has 5 aliphatic rings. The monoisotopic (exact) mass is 1290 g/mol. The molecule has 477 valence electrons. The molecule has 0 aliphatic heterocycles. The lowest BCUT2D eigenvalue weighted by molar-refractivity contribution is -0.129. The molecule has 5 aliphatic carbocycles. The smallest absolute Gasteiger partial charge is 0.228 e. The fourth-order valence-corrected chi connectivity index (χ4v) is 14.2. The maximum atomic E-state index is 13.6. The molecule has 0 aromatic heterocycles. The standard InChI is InChI=1S/C58H84N7O16S5/c59-61-60-47-58(66)65(31-41-86(75,76)46-36-81-52-57-19-9-10-20-57)26-25-62(21-23-63(27-37-82(67,68)42-32-77-48-53-11-1-2-12-53)28-38-83(69,70)43-33-78-49-54-13-3-4-14-54)22-24-64(29-39-84(71,72)44-34-79-50-55-15-5-6-16-55)30-40-85(73,74)45-35-80-51-56-17-7-8-18-56/h1-20H,21-52H2. The highest BCUT2D eigenvalue weighted by Gasteiger charge is 2.27. The van der Waals surface area contributed by atoms with Gasteiger partial charge in [0.1, 0.15) is 6.54 Å². The van der Waals surface area contributed by atoms with Crippen molar-refractivity contribution in [2.75, 3.05) is 202 Å². The van der Waals surface area contributed by atoms with Crippen molar-refractivity contribution in [2.45, 2.75) is 0 Å². The van der Waals surface area contributed by atoms with Crippen molar-refractivity contribution in [1.82, 2.24) is 19.6 Å². The third-order valence-corrected chi connectivity index (χ3v) is 22.0. The van der Waals surface area contributed by atoms with Gasteiger partial charge in [-0.05, 0) is 134 Å². The summed E-state index contributed by atoms with van der Waals surface area (Å²) >= 11 is 0. The van der Waals surface area contributed by atoms with Gasteiger partial charge in [-0.15, -0.1) is 0 Å². The maximum absolute atomic E-state index is 13.6. The number of azide groups is 1. The van der Waals surface area contributed by atoms with E-state index in [2.05, 4.69) is 10.0 Å². The molecule has 0 N–H and O–H groups in total. The van der Waals surface area contributed by atoms with Gasteiger partial charge < -0.3 is 38.4 Å². The highest BCUT2D eigenvalue weighted by Crippen LogP contribution is 2.26. The van der Waals surface area contributed by atoms with E-state index in [1.54, 1.807) is 9.80 Å². The second-order valence-electron chi connectivity index (χ2n) is 20.8. The van der Waals surface area contributed by atoms with Gasteiger partial charge in [0.15, 0.2) is 49.2 Å². The highest BCUT2D eigenvalue weighted by molar-refractivity contribution is 7.92. The number of hydrogen-bond acceptors (Lipinski definition) is 20. The molecule has 86 heavy (non-hydrogen) atoms. The molecule has 0 unspecified atom stereocenters. The van der Waals surface area contributed by atoms with Crippen molar-refractivity contribution in [3.05, 3.63) is 168 Å². The molecule has 5 rings (SSSR count). The minimum Gasteiger partial charge on any atom is -0.380 e. The molecular formula is C58H84N7O16S5. The minimum atomic E-state index is -3.78. The Morgan fingerprint density at radius 3 is 0.802 bits per heavy atom. The van der Waals surface area contributed by atoms with Crippen molar-refractivity contribution in [3.63, 3.8) is 0 Å². The average molecular weight is 1300 g/mol. The lowest BCUT2D eigenvalue weighted by Crippen LogP contribution is -2.47. The molecule has 0 saturated heterocycles. The van der Waals surface area contributed by atoms with Gasteiger partial charge in [0, 0.05) is 106 Å². The van der Waals surface area contributed by atoms with Gasteiger partial charge >= 0.3 is 0 Å². The molecule has 0 spiro atoms. The molecule has 1 amide bonds. The Labute approximate surface area is 518 Å². The summed E-state index contributed by atoms with van der Waals surface area (Å²) in [6, 6.07) is 0. The molecule has 23 nitrogen and oxygen atoms in total. The Kier molecular flexibility index (Phi) is 35.7. The van der Waals surface area contributed by atoms with Crippen LogP contribution in [-0.4, -0.2) is 270 Å². The van der Waals surface area contributed by atoms with Crippen LogP contribution in [0.15, 0.2) is 5.11 Å². The van der Waals surface area contributed by atoms with Crippen LogP contribution in [0.1, 0.15) is 0 Å². The van der Waals surface area contributed by atoms with Gasteiger partial charge in [0.25, 0.3) is 0 Å². The average Bonchev–Trinajstić information content (AvgIpc) is 4.37. The lowest BCUT2D eigenvalue weighted by Gasteiger charge is -2.32. The summed E-state index contributed by atoms with van der Waals surface area (Å²) in [5.41, 5.74) is 9.13. The number of carbonyl (C=O) groups is 1. The molecule has 5 saturated carbocycles. The first-order valence-electron chi connectivity index (χ1n) is 28.6. The molecule has 0 heterocycles. The molecular weight excluding hydrogens is 1210 g/mol. The predicted molar refractivity (Wildman–Crippen MR) is 329 cm³/mol. The number of sulfone groups is 5. The summed E-state index contributed by atoms with van der Waals surface area (Å²) < 4.78 is 163. The van der Waals surface area contributed by atoms with E-state index in [4.69, 9.17) is 29.2 Å². The Hall–Kier alpha value is -1.79. The molecule has 0 aromatic carbocycles. The van der Waals surface area contributed by atoms with Crippen LogP contribution in [0, 0.1) is 158 Å². The van der Waals surface area contributed by atoms with Crippen LogP contribution in [0.25, 0.3) is 10.4 Å². The zero-order chi connectivity index (χ0) is 62.0. The predicted octanol–water partition coefficient (Wildman–Crippen LogP) is 1.21. The fraction of sp³-hybridized carbons (Fsp3) is 0.552. The largest absolute Gasteiger partial charge is 0.380 e. The third kappa shape index (κ3) is 34.0. The molecule has 0 atom stereocenters. The Morgan fingerprint density at radius 1 is 0.337 bits per heavy atom. The van der Waals surface area contributed by atoms with Crippen LogP contribution < -0.4 is 0 Å². The molecule has 28 heteroatoms. The van der Waals surface area contributed by atoms with Crippen LogP contribution in [0.5, 0.6) is 0 Å². The van der Waals surface area contributed by atoms with Crippen molar-refractivity contribution in [1.29, 1.82) is 0 Å². The number of nitrogens with zero attached hydrogens (tertiary/aromatic N) is 7. The van der Waals surface area contributed by atoms with Crippen LogP contribution in [0.4, 0.5) is 0 Å². The summed E-state index contributed by atoms with van der Waals surface area (Å²) in [5.74, 6) is 0.548. The SMILES string of the molecule is [N-]=[N+]=NCC(=O)N(CCN(CCN(CCS(=O)(=O)CCOC[C]1[CH][CH][CH][CH]1)CCS(=O)(=O)CCOC[C]1[CH][CH][CH][CH]1)CCN(CCS(=O)(=O)CCOC[C]1[CH][CH][CH][CH]1)CCS(=O)(=O)CCOC[C]1[CH][CH][CH][CH]1)CCS(=O)(=O)CCOC[C]1[CH][CH][CH][CH]1. The van der Waals surface area contributed by atoms with E-state index in [0.29, 0.717) is 0 Å². The van der Waals surface area contributed by atoms with E-state index in [-0.39, 0.29) is 190 Å². The van der Waals surface area contributed by atoms with E-state index in [1.165, 1.54) is 4.90 Å². The van der Waals surface area contributed by atoms with Gasteiger partial charge in [-0.25, -0.2) is 42.1 Å². The van der Waals surface area contributed by atoms with Crippen LogP contribution >= 0.6 is 0 Å². The van der Waals surface area contributed by atoms with Crippen LogP contribution in [0.3, 0.4) is 0 Å². The van der Waals surface area contributed by atoms with Gasteiger partial charge in [-0.3, -0.25) is 9.69 Å². The second-order valence-corrected chi connectivity index (χ2v) is 32.3. The zero-order valence-electron chi connectivity index (χ0n) is 48.9. The first kappa shape index (κ1) is 74.9. The van der Waals surface area contributed by atoms with E-state index in [9.17, 15) is 46.9 Å². The number of amides is 1. The van der Waals surface area contributed by atoms with Crippen LogP contribution in [0.2, 0.25) is 0 Å². The third-order valence-electron chi connectivity index (χ3n) is 14.0. The number of carbonyl (C=O) groups excluding carboxylic acids is 1. The summed E-state index contributed by atoms with van der Waals surface area (Å²) in [7, 11) is -18.7. The van der Waals surface area contributed by atoms with Crippen LogP contribution in [-0.2, 0) is 77.7 Å². The first-order valence-corrected chi connectivity index (χ1v) is 37.7. The topological polar surface area (TPSA) is 296 Å². The van der Waals surface area contributed by atoms with E-state index < -0.39 is 67.4 Å². The number of ether oxygens (including phenoxy) is 5. The van der Waals surface area contributed by atoms with Crippen molar-refractivity contribution in [2.24, 2.45) is 5.11 Å². The first-order chi connectivity index (χ1) is 41.2. The minimum absolute atomic E-state index is 0.0442. The van der Waals surface area contributed by atoms with Crippen molar-refractivity contribution >= 4 is 55.1 Å². The fourth-order valence-electron chi connectivity index (χ4n) is 8.65. The van der Waals surface area contributed by atoms with Gasteiger partial charge in [0.05, 0.1) is 124 Å². The lowest BCUT2D eigenvalue weighted by atomic mass is 10.1. The van der Waals surface area contributed by atoms with Gasteiger partial charge in [0.2, 0.25) is 5.91 Å². The summed E-state index contributed by atoms with van der Waals surface area (Å²) in [4.78, 5) is 22.9. The second kappa shape index (κ2) is 40.9. The van der Waals surface area contributed by atoms with E-state index in [1.807, 2.05) is 133 Å². The summed E-state index contributed by atoms with van der Waals surface area (Å²) in [6.45, 7) is -0.00329. The number of hydrogen-bond donors (Lipinski definition) is 0. The summed E-state index contributed by atoms with van der Waals surface area (Å²) in [5, 5.41) is 3.43. The Bertz CT molecular complexity index is 2280. The van der Waals surface area contributed by atoms with E-state index in [0.717, 1.165) is 29.6 Å². The molecule has 0 bridgehead atoms. The Morgan fingerprint density at radius 2 is 0.558 bits per heavy atom. The van der Waals surface area contributed by atoms with Gasteiger partial charge in [-0.1, -0.05) is 5.11 Å². The Balaban J connectivity index is 1.32. The maximum Gasteiger partial charge on any atom is 0.228 e.